The summed E-state index contributed by atoms with van der Waals surface area (Å²) < 4.78 is 6.61. The van der Waals surface area contributed by atoms with Crippen molar-refractivity contribution in [3.63, 3.8) is 0 Å². The lowest BCUT2D eigenvalue weighted by Gasteiger charge is -2.17. The molecular formula is C14H17BrN2O3. The van der Waals surface area contributed by atoms with Gasteiger partial charge in [-0.25, -0.2) is 0 Å². The van der Waals surface area contributed by atoms with Crippen LogP contribution in [0.15, 0.2) is 28.7 Å². The van der Waals surface area contributed by atoms with E-state index in [2.05, 4.69) is 21.2 Å². The van der Waals surface area contributed by atoms with Crippen molar-refractivity contribution in [1.82, 2.24) is 5.32 Å². The number of carbonyl (C=O) groups excluding carboxylic acids is 2. The maximum absolute atomic E-state index is 11.9. The zero-order valence-corrected chi connectivity index (χ0v) is 12.8. The van der Waals surface area contributed by atoms with E-state index in [1.165, 1.54) is 0 Å². The standard InChI is InChI=1S/C14H17BrN2O3/c1-9(20-11-4-2-3-10(15)7-11)8-17-13(19)14(5-6-14)12(16)18/h2-4,7,9H,5-6,8H2,1H3,(H2,16,18)(H,17,19)/t9-/m0/s1. The molecule has 1 fully saturated rings. The highest BCUT2D eigenvalue weighted by molar-refractivity contribution is 9.10. The maximum atomic E-state index is 11.9. The molecule has 6 heteroatoms. The summed E-state index contributed by atoms with van der Waals surface area (Å²) in [6.45, 7) is 2.19. The van der Waals surface area contributed by atoms with Crippen molar-refractivity contribution in [2.75, 3.05) is 6.54 Å². The van der Waals surface area contributed by atoms with Crippen LogP contribution < -0.4 is 15.8 Å². The number of carbonyl (C=O) groups is 2. The molecule has 1 aromatic rings. The first kappa shape index (κ1) is 14.8. The van der Waals surface area contributed by atoms with Crippen molar-refractivity contribution in [3.8, 4) is 5.75 Å². The third-order valence-electron chi connectivity index (χ3n) is 3.34. The van der Waals surface area contributed by atoms with Crippen LogP contribution in [0.4, 0.5) is 0 Å². The van der Waals surface area contributed by atoms with Gasteiger partial charge in [0.1, 0.15) is 17.3 Å². The zero-order valence-electron chi connectivity index (χ0n) is 11.2. The quantitative estimate of drug-likeness (QED) is 0.771. The number of primary amides is 1. The van der Waals surface area contributed by atoms with E-state index in [9.17, 15) is 9.59 Å². The topological polar surface area (TPSA) is 81.4 Å². The van der Waals surface area contributed by atoms with Gasteiger partial charge in [0.25, 0.3) is 0 Å². The van der Waals surface area contributed by atoms with Crippen LogP contribution in [0, 0.1) is 5.41 Å². The van der Waals surface area contributed by atoms with Crippen LogP contribution in [0.25, 0.3) is 0 Å². The van der Waals surface area contributed by atoms with E-state index in [0.717, 1.165) is 10.2 Å². The minimum absolute atomic E-state index is 0.197. The van der Waals surface area contributed by atoms with Gasteiger partial charge in [0.05, 0.1) is 6.54 Å². The van der Waals surface area contributed by atoms with Crippen molar-refractivity contribution in [2.24, 2.45) is 11.1 Å². The fourth-order valence-electron chi connectivity index (χ4n) is 1.93. The molecule has 0 saturated heterocycles. The average molecular weight is 341 g/mol. The van der Waals surface area contributed by atoms with Gasteiger partial charge in [0.15, 0.2) is 0 Å². The Hall–Kier alpha value is -1.56. The monoisotopic (exact) mass is 340 g/mol. The number of nitrogens with two attached hydrogens (primary N) is 1. The molecule has 0 bridgehead atoms. The summed E-state index contributed by atoms with van der Waals surface area (Å²) in [6.07, 6.45) is 0.876. The second kappa shape index (κ2) is 5.83. The van der Waals surface area contributed by atoms with E-state index in [-0.39, 0.29) is 12.0 Å². The van der Waals surface area contributed by atoms with Gasteiger partial charge in [-0.05, 0) is 38.0 Å². The summed E-state index contributed by atoms with van der Waals surface area (Å²) in [4.78, 5) is 23.1. The molecule has 1 aromatic carbocycles. The van der Waals surface area contributed by atoms with Gasteiger partial charge in [-0.1, -0.05) is 22.0 Å². The second-order valence-electron chi connectivity index (χ2n) is 5.04. The third kappa shape index (κ3) is 3.30. The molecule has 3 N–H and O–H groups in total. The van der Waals surface area contributed by atoms with E-state index < -0.39 is 11.3 Å². The average Bonchev–Trinajstić information content (AvgIpc) is 3.17. The molecular weight excluding hydrogens is 324 g/mol. The Labute approximate surface area is 126 Å². The van der Waals surface area contributed by atoms with Crippen molar-refractivity contribution in [2.45, 2.75) is 25.9 Å². The number of nitrogens with one attached hydrogen (secondary N) is 1. The highest BCUT2D eigenvalue weighted by Gasteiger charge is 2.55. The molecule has 2 amide bonds. The largest absolute Gasteiger partial charge is 0.489 e. The molecule has 0 unspecified atom stereocenters. The van der Waals surface area contributed by atoms with E-state index >= 15 is 0 Å². The second-order valence-corrected chi connectivity index (χ2v) is 5.96. The lowest BCUT2D eigenvalue weighted by atomic mass is 10.1. The molecule has 1 aliphatic rings. The van der Waals surface area contributed by atoms with E-state index in [1.807, 2.05) is 31.2 Å². The summed E-state index contributed by atoms with van der Waals surface area (Å²) in [7, 11) is 0. The summed E-state index contributed by atoms with van der Waals surface area (Å²) >= 11 is 3.36. The number of benzene rings is 1. The van der Waals surface area contributed by atoms with Gasteiger partial charge in [-0.2, -0.15) is 0 Å². The molecule has 1 saturated carbocycles. The Balaban J connectivity index is 1.82. The Morgan fingerprint density at radius 3 is 2.75 bits per heavy atom. The minimum Gasteiger partial charge on any atom is -0.489 e. The molecule has 0 heterocycles. The van der Waals surface area contributed by atoms with Crippen LogP contribution in [0.3, 0.4) is 0 Å². The van der Waals surface area contributed by atoms with Crippen LogP contribution in [0.2, 0.25) is 0 Å². The number of ether oxygens (including phenoxy) is 1. The molecule has 20 heavy (non-hydrogen) atoms. The molecule has 1 atom stereocenters. The maximum Gasteiger partial charge on any atom is 0.235 e. The predicted molar refractivity (Wildman–Crippen MR) is 78.1 cm³/mol. The Bertz CT molecular complexity index is 529. The van der Waals surface area contributed by atoms with Gasteiger partial charge < -0.3 is 15.8 Å². The molecule has 0 aromatic heterocycles. The van der Waals surface area contributed by atoms with Crippen molar-refractivity contribution < 1.29 is 14.3 Å². The number of amides is 2. The highest BCUT2D eigenvalue weighted by atomic mass is 79.9. The lowest BCUT2D eigenvalue weighted by Crippen LogP contribution is -2.43. The third-order valence-corrected chi connectivity index (χ3v) is 3.83. The minimum atomic E-state index is -0.977. The number of rotatable bonds is 6. The van der Waals surface area contributed by atoms with Gasteiger partial charge in [0, 0.05) is 4.47 Å². The van der Waals surface area contributed by atoms with Crippen molar-refractivity contribution in [3.05, 3.63) is 28.7 Å². The highest BCUT2D eigenvalue weighted by Crippen LogP contribution is 2.45. The van der Waals surface area contributed by atoms with Crippen LogP contribution in [0.5, 0.6) is 5.75 Å². The lowest BCUT2D eigenvalue weighted by molar-refractivity contribution is -0.135. The number of halogens is 1. The van der Waals surface area contributed by atoms with Crippen LogP contribution >= 0.6 is 15.9 Å². The van der Waals surface area contributed by atoms with Gasteiger partial charge in [0.2, 0.25) is 11.8 Å². The van der Waals surface area contributed by atoms with Crippen molar-refractivity contribution >= 4 is 27.7 Å². The molecule has 5 nitrogen and oxygen atoms in total. The van der Waals surface area contributed by atoms with Gasteiger partial charge in [-0.15, -0.1) is 0 Å². The van der Waals surface area contributed by atoms with E-state index in [4.69, 9.17) is 10.5 Å². The Morgan fingerprint density at radius 2 is 2.20 bits per heavy atom. The number of hydrogen-bond acceptors (Lipinski definition) is 3. The summed E-state index contributed by atoms with van der Waals surface area (Å²) in [5.41, 5.74) is 4.27. The Kier molecular flexibility index (Phi) is 4.32. The zero-order chi connectivity index (χ0) is 14.8. The molecule has 108 valence electrons. The Morgan fingerprint density at radius 1 is 1.50 bits per heavy atom. The summed E-state index contributed by atoms with van der Waals surface area (Å²) in [5, 5.41) is 2.72. The fraction of sp³-hybridized carbons (Fsp3) is 0.429. The fourth-order valence-corrected chi connectivity index (χ4v) is 2.31. The van der Waals surface area contributed by atoms with Crippen LogP contribution in [-0.4, -0.2) is 24.5 Å². The van der Waals surface area contributed by atoms with Crippen LogP contribution in [-0.2, 0) is 9.59 Å². The first-order valence-electron chi connectivity index (χ1n) is 6.44. The summed E-state index contributed by atoms with van der Waals surface area (Å²) in [6, 6.07) is 7.47. The molecule has 0 aliphatic heterocycles. The number of hydrogen-bond donors (Lipinski definition) is 2. The SMILES string of the molecule is C[C@@H](CNC(=O)C1(C(N)=O)CC1)Oc1cccc(Br)c1. The molecule has 0 spiro atoms. The molecule has 0 radical (unpaired) electrons. The predicted octanol–water partition coefficient (Wildman–Crippen LogP) is 1.60. The van der Waals surface area contributed by atoms with E-state index in [0.29, 0.717) is 19.4 Å². The first-order chi connectivity index (χ1) is 9.44. The smallest absolute Gasteiger partial charge is 0.235 e. The normalized spacial score (nSPS) is 17.1. The summed E-state index contributed by atoms with van der Waals surface area (Å²) in [5.74, 6) is -0.123. The van der Waals surface area contributed by atoms with E-state index in [1.54, 1.807) is 0 Å². The van der Waals surface area contributed by atoms with Gasteiger partial charge >= 0.3 is 0 Å². The molecule has 1 aliphatic carbocycles. The van der Waals surface area contributed by atoms with Crippen molar-refractivity contribution in [1.29, 1.82) is 0 Å². The first-order valence-corrected chi connectivity index (χ1v) is 7.24. The molecule has 2 rings (SSSR count). The van der Waals surface area contributed by atoms with Crippen LogP contribution in [0.1, 0.15) is 19.8 Å². The van der Waals surface area contributed by atoms with Gasteiger partial charge in [-0.3, -0.25) is 9.59 Å².